The maximum absolute atomic E-state index is 14.2. The molecule has 0 spiro atoms. The Morgan fingerprint density at radius 2 is 1.76 bits per heavy atom. The molecule has 25 heavy (non-hydrogen) atoms. The van der Waals surface area contributed by atoms with Crippen LogP contribution in [0.1, 0.15) is 0 Å². The van der Waals surface area contributed by atoms with Crippen molar-refractivity contribution in [2.45, 2.75) is 0 Å². The predicted molar refractivity (Wildman–Crippen MR) is 98.8 cm³/mol. The van der Waals surface area contributed by atoms with Crippen LogP contribution < -0.4 is 11.1 Å². The second-order valence-corrected chi connectivity index (χ2v) is 6.33. The number of halogens is 5. The largest absolute Gasteiger partial charge is 0.397 e. The quantitative estimate of drug-likeness (QED) is 0.400. The number of anilines is 3. The van der Waals surface area contributed by atoms with Gasteiger partial charge in [0.15, 0.2) is 0 Å². The first-order chi connectivity index (χ1) is 11.9. The molecule has 0 fully saturated rings. The molecule has 3 aromatic rings. The minimum Gasteiger partial charge on any atom is -0.397 e. The third-order valence-corrected chi connectivity index (χ3v) is 4.27. The number of nitrogens with one attached hydrogen (secondary N) is 1. The Labute approximate surface area is 157 Å². The molecule has 3 N–H and O–H groups in total. The van der Waals surface area contributed by atoms with Gasteiger partial charge in [-0.1, -0.05) is 34.8 Å². The van der Waals surface area contributed by atoms with Gasteiger partial charge in [0.25, 0.3) is 0 Å². The van der Waals surface area contributed by atoms with E-state index in [1.54, 1.807) is 6.07 Å². The second-order valence-electron chi connectivity index (χ2n) is 5.13. The molecule has 1 aromatic heterocycles. The Balaban J connectivity index is 2.14. The molecule has 0 atom stereocenters. The zero-order chi connectivity index (χ0) is 18.1. The van der Waals surface area contributed by atoms with Gasteiger partial charge in [-0.15, -0.1) is 0 Å². The summed E-state index contributed by atoms with van der Waals surface area (Å²) in [4.78, 5) is 4.01. The molecule has 0 saturated carbocycles. The summed E-state index contributed by atoms with van der Waals surface area (Å²) in [5.41, 5.74) is 7.23. The van der Waals surface area contributed by atoms with Crippen molar-refractivity contribution in [3.05, 3.63) is 69.4 Å². The zero-order valence-electron chi connectivity index (χ0n) is 12.5. The number of aromatic nitrogens is 1. The Hall–Kier alpha value is -2.08. The molecule has 3 nitrogen and oxygen atoms in total. The van der Waals surface area contributed by atoms with Gasteiger partial charge in [0.05, 0.1) is 22.1 Å². The normalized spacial score (nSPS) is 10.8. The van der Waals surface area contributed by atoms with E-state index in [1.165, 1.54) is 24.4 Å². The van der Waals surface area contributed by atoms with E-state index in [0.29, 0.717) is 16.8 Å². The van der Waals surface area contributed by atoms with Crippen LogP contribution in [0, 0.1) is 11.6 Å². The fraction of sp³-hybridized carbons (Fsp3) is 0. The maximum Gasteiger partial charge on any atom is 0.150 e. The Morgan fingerprint density at radius 1 is 1.00 bits per heavy atom. The lowest BCUT2D eigenvalue weighted by atomic mass is 10.1. The minimum atomic E-state index is -0.630. The Kier molecular flexibility index (Phi) is 4.99. The number of rotatable bonds is 3. The lowest BCUT2D eigenvalue weighted by molar-refractivity contribution is 0.628. The van der Waals surface area contributed by atoms with Crippen molar-refractivity contribution in [1.29, 1.82) is 0 Å². The molecule has 0 bridgehead atoms. The number of hydrogen-bond acceptors (Lipinski definition) is 3. The molecule has 0 unspecified atom stereocenters. The van der Waals surface area contributed by atoms with Crippen LogP contribution in [0.3, 0.4) is 0 Å². The Bertz CT molecular complexity index is 941. The number of benzene rings is 2. The standard InChI is InChI=1S/C17H10Cl3F2N3/c18-8-5-12(22)16(13(23)6-8)25-14-3-4-24-17(20)15(14)10-2-1-9(21)7-11(10)19/h1-7H,23H2,(H,24,25). The average molecular weight is 401 g/mol. The van der Waals surface area contributed by atoms with E-state index >= 15 is 0 Å². The summed E-state index contributed by atoms with van der Waals surface area (Å²) in [6, 6.07) is 7.99. The monoisotopic (exact) mass is 399 g/mol. The van der Waals surface area contributed by atoms with Crippen LogP contribution in [0.5, 0.6) is 0 Å². The number of pyridine rings is 1. The van der Waals surface area contributed by atoms with Gasteiger partial charge in [-0.25, -0.2) is 13.8 Å². The van der Waals surface area contributed by atoms with Gasteiger partial charge in [0.1, 0.15) is 16.8 Å². The molecule has 0 amide bonds. The number of nitrogens with zero attached hydrogens (tertiary/aromatic N) is 1. The summed E-state index contributed by atoms with van der Waals surface area (Å²) in [5, 5.41) is 3.32. The molecule has 0 radical (unpaired) electrons. The van der Waals surface area contributed by atoms with Crippen LogP contribution in [-0.4, -0.2) is 4.98 Å². The van der Waals surface area contributed by atoms with Crippen LogP contribution in [0.4, 0.5) is 25.8 Å². The molecule has 1 heterocycles. The van der Waals surface area contributed by atoms with Gasteiger partial charge >= 0.3 is 0 Å². The summed E-state index contributed by atoms with van der Waals surface area (Å²) in [6.45, 7) is 0. The van der Waals surface area contributed by atoms with E-state index in [0.717, 1.165) is 12.1 Å². The highest BCUT2D eigenvalue weighted by Gasteiger charge is 2.17. The molecule has 0 aliphatic heterocycles. The fourth-order valence-electron chi connectivity index (χ4n) is 2.35. The van der Waals surface area contributed by atoms with Crippen molar-refractivity contribution in [3.63, 3.8) is 0 Å². The molecule has 3 rings (SSSR count). The maximum atomic E-state index is 14.2. The fourth-order valence-corrected chi connectivity index (χ4v) is 3.08. The third kappa shape index (κ3) is 3.63. The number of nitrogens with two attached hydrogens (primary N) is 1. The first kappa shape index (κ1) is 17.7. The van der Waals surface area contributed by atoms with Gasteiger partial charge in [0, 0.05) is 22.3 Å². The van der Waals surface area contributed by atoms with E-state index in [2.05, 4.69) is 10.3 Å². The minimum absolute atomic E-state index is 0.0335. The van der Waals surface area contributed by atoms with Crippen LogP contribution >= 0.6 is 34.8 Å². The van der Waals surface area contributed by atoms with Gasteiger partial charge in [-0.2, -0.15) is 0 Å². The summed E-state index contributed by atoms with van der Waals surface area (Å²) >= 11 is 18.1. The summed E-state index contributed by atoms with van der Waals surface area (Å²) < 4.78 is 27.5. The highest BCUT2D eigenvalue weighted by atomic mass is 35.5. The summed E-state index contributed by atoms with van der Waals surface area (Å²) in [7, 11) is 0. The summed E-state index contributed by atoms with van der Waals surface area (Å²) in [6.07, 6.45) is 1.44. The molecule has 8 heteroatoms. The number of hydrogen-bond donors (Lipinski definition) is 2. The zero-order valence-corrected chi connectivity index (χ0v) is 14.7. The van der Waals surface area contributed by atoms with Crippen molar-refractivity contribution < 1.29 is 8.78 Å². The van der Waals surface area contributed by atoms with Gasteiger partial charge in [-0.05, 0) is 36.4 Å². The second kappa shape index (κ2) is 7.04. The number of nitrogen functional groups attached to an aromatic ring is 1. The molecular weight excluding hydrogens is 391 g/mol. The van der Waals surface area contributed by atoms with E-state index in [-0.39, 0.29) is 26.6 Å². The van der Waals surface area contributed by atoms with Crippen molar-refractivity contribution >= 4 is 51.9 Å². The van der Waals surface area contributed by atoms with Crippen molar-refractivity contribution in [3.8, 4) is 11.1 Å². The topological polar surface area (TPSA) is 50.9 Å². The molecular formula is C17H10Cl3F2N3. The summed E-state index contributed by atoms with van der Waals surface area (Å²) in [5.74, 6) is -1.12. The average Bonchev–Trinajstić information content (AvgIpc) is 2.52. The lowest BCUT2D eigenvalue weighted by Gasteiger charge is -2.16. The van der Waals surface area contributed by atoms with Crippen molar-refractivity contribution in [1.82, 2.24) is 4.98 Å². The molecule has 128 valence electrons. The van der Waals surface area contributed by atoms with E-state index in [9.17, 15) is 8.78 Å². The Morgan fingerprint density at radius 3 is 2.44 bits per heavy atom. The van der Waals surface area contributed by atoms with Crippen LogP contribution in [0.15, 0.2) is 42.6 Å². The first-order valence-corrected chi connectivity index (χ1v) is 8.11. The van der Waals surface area contributed by atoms with Crippen molar-refractivity contribution in [2.24, 2.45) is 0 Å². The van der Waals surface area contributed by atoms with Crippen LogP contribution in [-0.2, 0) is 0 Å². The van der Waals surface area contributed by atoms with E-state index in [1.807, 2.05) is 0 Å². The van der Waals surface area contributed by atoms with Crippen LogP contribution in [0.25, 0.3) is 11.1 Å². The molecule has 0 saturated heterocycles. The predicted octanol–water partition coefficient (Wildman–Crippen LogP) is 6.31. The highest BCUT2D eigenvalue weighted by molar-refractivity contribution is 6.36. The SMILES string of the molecule is Nc1cc(Cl)cc(F)c1Nc1ccnc(Cl)c1-c1ccc(F)cc1Cl. The molecule has 0 aliphatic carbocycles. The van der Waals surface area contributed by atoms with Gasteiger partial charge in [-0.3, -0.25) is 0 Å². The van der Waals surface area contributed by atoms with E-state index < -0.39 is 11.6 Å². The lowest BCUT2D eigenvalue weighted by Crippen LogP contribution is -2.02. The van der Waals surface area contributed by atoms with Crippen molar-refractivity contribution in [2.75, 3.05) is 11.1 Å². The highest BCUT2D eigenvalue weighted by Crippen LogP contribution is 2.40. The van der Waals surface area contributed by atoms with E-state index in [4.69, 9.17) is 40.5 Å². The smallest absolute Gasteiger partial charge is 0.150 e. The molecule has 2 aromatic carbocycles. The van der Waals surface area contributed by atoms with Gasteiger partial charge in [0.2, 0.25) is 0 Å². The van der Waals surface area contributed by atoms with Crippen LogP contribution in [0.2, 0.25) is 15.2 Å². The first-order valence-electron chi connectivity index (χ1n) is 6.98. The molecule has 0 aliphatic rings. The van der Waals surface area contributed by atoms with Gasteiger partial charge < -0.3 is 11.1 Å². The third-order valence-electron chi connectivity index (χ3n) is 3.45.